The summed E-state index contributed by atoms with van der Waals surface area (Å²) in [6.07, 6.45) is -0.164. The van der Waals surface area contributed by atoms with Crippen LogP contribution in [0.15, 0.2) is 59.4 Å². The number of aromatic nitrogens is 2. The molecule has 4 aromatic rings. The number of amides is 1. The monoisotopic (exact) mass is 522 g/mol. The Morgan fingerprint density at radius 2 is 2.03 bits per heavy atom. The average Bonchev–Trinajstić information content (AvgIpc) is 3.25. The number of nitrogens with zero attached hydrogens (tertiary/aromatic N) is 3. The second-order valence-corrected chi connectivity index (χ2v) is 9.03. The van der Waals surface area contributed by atoms with Gasteiger partial charge in [-0.3, -0.25) is 9.59 Å². The summed E-state index contributed by atoms with van der Waals surface area (Å²) in [5.74, 6) is 0.137. The molecule has 0 fully saturated rings. The van der Waals surface area contributed by atoms with Gasteiger partial charge in [-0.2, -0.15) is 5.10 Å². The molecule has 2 heterocycles. The van der Waals surface area contributed by atoms with Gasteiger partial charge in [-0.25, -0.2) is 9.07 Å². The molecule has 1 N–H and O–H groups in total. The number of carbonyl (C=O) groups excluding carboxylic acids is 1. The van der Waals surface area contributed by atoms with Crippen LogP contribution in [0.4, 0.5) is 15.8 Å². The zero-order valence-corrected chi connectivity index (χ0v) is 21.2. The Balaban J connectivity index is 1.57. The van der Waals surface area contributed by atoms with Gasteiger partial charge in [-0.1, -0.05) is 23.7 Å². The number of hydrogen-bond donors (Lipinski definition) is 1. The van der Waals surface area contributed by atoms with E-state index in [9.17, 15) is 14.0 Å². The standard InChI is InChI=1S/C27H24ClFN4O4/c1-4-36-23-13-20-19(12-21(23)28)26(16-6-5-7-17(29)10-16)31-33(27(20)35)14-25(34)32(3)18-8-9-22-24(11-18)37-15(2)30-22/h5-13,15,30H,4,14H2,1-3H3. The molecule has 190 valence electrons. The fourth-order valence-electron chi connectivity index (χ4n) is 4.26. The van der Waals surface area contributed by atoms with Crippen molar-refractivity contribution in [3.05, 3.63) is 75.8 Å². The summed E-state index contributed by atoms with van der Waals surface area (Å²) in [5.41, 5.74) is 1.71. The van der Waals surface area contributed by atoms with Gasteiger partial charge in [0.2, 0.25) is 5.91 Å². The van der Waals surface area contributed by atoms with Crippen molar-refractivity contribution in [2.24, 2.45) is 0 Å². The van der Waals surface area contributed by atoms with Crippen LogP contribution >= 0.6 is 11.6 Å². The maximum absolute atomic E-state index is 14.1. The number of rotatable bonds is 6. The highest BCUT2D eigenvalue weighted by Gasteiger charge is 2.22. The first-order valence-electron chi connectivity index (χ1n) is 11.7. The molecule has 10 heteroatoms. The molecule has 0 saturated heterocycles. The van der Waals surface area contributed by atoms with E-state index < -0.39 is 11.4 Å². The number of fused-ring (bicyclic) bond motifs is 2. The van der Waals surface area contributed by atoms with E-state index in [-0.39, 0.29) is 24.1 Å². The zero-order valence-electron chi connectivity index (χ0n) is 20.4. The fraction of sp³-hybridized carbons (Fsp3) is 0.222. The van der Waals surface area contributed by atoms with Crippen molar-refractivity contribution in [1.29, 1.82) is 0 Å². The number of benzene rings is 3. The number of nitrogens with one attached hydrogen (secondary N) is 1. The number of carbonyl (C=O) groups is 1. The molecule has 0 saturated carbocycles. The summed E-state index contributed by atoms with van der Waals surface area (Å²) in [4.78, 5) is 28.1. The third kappa shape index (κ3) is 4.70. The van der Waals surface area contributed by atoms with Crippen LogP contribution < -0.4 is 25.2 Å². The summed E-state index contributed by atoms with van der Waals surface area (Å²) in [6.45, 7) is 3.70. The largest absolute Gasteiger partial charge is 0.492 e. The van der Waals surface area contributed by atoms with Crippen LogP contribution in [0.1, 0.15) is 13.8 Å². The van der Waals surface area contributed by atoms with Crippen molar-refractivity contribution in [2.75, 3.05) is 23.9 Å². The van der Waals surface area contributed by atoms with E-state index in [2.05, 4.69) is 10.4 Å². The lowest BCUT2D eigenvalue weighted by Gasteiger charge is -2.19. The van der Waals surface area contributed by atoms with Gasteiger partial charge in [0, 0.05) is 29.8 Å². The lowest BCUT2D eigenvalue weighted by atomic mass is 10.0. The highest BCUT2D eigenvalue weighted by atomic mass is 35.5. The highest BCUT2D eigenvalue weighted by molar-refractivity contribution is 6.33. The van der Waals surface area contributed by atoms with Crippen molar-refractivity contribution >= 4 is 39.7 Å². The molecule has 1 atom stereocenters. The highest BCUT2D eigenvalue weighted by Crippen LogP contribution is 2.36. The molecule has 0 spiro atoms. The second kappa shape index (κ2) is 9.74. The van der Waals surface area contributed by atoms with Gasteiger partial charge in [-0.15, -0.1) is 0 Å². The van der Waals surface area contributed by atoms with Gasteiger partial charge in [0.05, 0.1) is 28.4 Å². The lowest BCUT2D eigenvalue weighted by Crippen LogP contribution is -2.35. The Bertz CT molecular complexity index is 1590. The van der Waals surface area contributed by atoms with Crippen molar-refractivity contribution < 1.29 is 18.7 Å². The predicted molar refractivity (Wildman–Crippen MR) is 141 cm³/mol. The van der Waals surface area contributed by atoms with E-state index in [1.807, 2.05) is 13.0 Å². The summed E-state index contributed by atoms with van der Waals surface area (Å²) in [7, 11) is 1.61. The summed E-state index contributed by atoms with van der Waals surface area (Å²) in [6, 6.07) is 14.3. The first-order chi connectivity index (χ1) is 17.7. The Kier molecular flexibility index (Phi) is 6.47. The zero-order chi connectivity index (χ0) is 26.3. The van der Waals surface area contributed by atoms with Crippen molar-refractivity contribution in [1.82, 2.24) is 9.78 Å². The predicted octanol–water partition coefficient (Wildman–Crippen LogP) is 5.07. The van der Waals surface area contributed by atoms with Crippen LogP contribution in [-0.2, 0) is 11.3 Å². The number of anilines is 2. The molecule has 1 unspecified atom stereocenters. The smallest absolute Gasteiger partial charge is 0.275 e. The van der Waals surface area contributed by atoms with Crippen molar-refractivity contribution in [3.8, 4) is 22.8 Å². The first-order valence-corrected chi connectivity index (χ1v) is 12.1. The van der Waals surface area contributed by atoms with E-state index in [0.29, 0.717) is 45.5 Å². The normalized spacial score (nSPS) is 14.1. The molecule has 8 nitrogen and oxygen atoms in total. The van der Waals surface area contributed by atoms with Crippen LogP contribution in [0.5, 0.6) is 11.5 Å². The molecular formula is C27H24ClFN4O4. The SMILES string of the molecule is CCOc1cc2c(=O)n(CC(=O)N(C)c3ccc4c(c3)OC(C)N4)nc(-c3cccc(F)c3)c2cc1Cl. The number of likely N-dealkylation sites (N-methyl/N-ethyl adjacent to an activating group) is 1. The van der Waals surface area contributed by atoms with E-state index in [0.717, 1.165) is 10.4 Å². The van der Waals surface area contributed by atoms with Crippen molar-refractivity contribution in [2.45, 2.75) is 26.6 Å². The van der Waals surface area contributed by atoms with E-state index >= 15 is 0 Å². The summed E-state index contributed by atoms with van der Waals surface area (Å²) >= 11 is 6.40. The van der Waals surface area contributed by atoms with Gasteiger partial charge in [0.25, 0.3) is 5.56 Å². The molecule has 1 amide bonds. The fourth-order valence-corrected chi connectivity index (χ4v) is 4.48. The summed E-state index contributed by atoms with van der Waals surface area (Å²) < 4.78 is 26.4. The Morgan fingerprint density at radius 1 is 1.22 bits per heavy atom. The second-order valence-electron chi connectivity index (χ2n) is 8.62. The molecule has 1 aromatic heterocycles. The molecular weight excluding hydrogens is 499 g/mol. The Labute approximate surface area is 217 Å². The van der Waals surface area contributed by atoms with Gasteiger partial charge in [-0.05, 0) is 50.2 Å². The molecule has 5 rings (SSSR count). The molecule has 37 heavy (non-hydrogen) atoms. The molecule has 0 radical (unpaired) electrons. The number of ether oxygens (including phenoxy) is 2. The Morgan fingerprint density at radius 3 is 2.78 bits per heavy atom. The summed E-state index contributed by atoms with van der Waals surface area (Å²) in [5, 5.41) is 8.62. The minimum atomic E-state index is -0.496. The van der Waals surface area contributed by atoms with Gasteiger partial charge >= 0.3 is 0 Å². The van der Waals surface area contributed by atoms with E-state index in [4.69, 9.17) is 21.1 Å². The van der Waals surface area contributed by atoms with Gasteiger partial charge in [0.1, 0.15) is 23.9 Å². The number of hydrogen-bond acceptors (Lipinski definition) is 6. The third-order valence-electron chi connectivity index (χ3n) is 6.08. The van der Waals surface area contributed by atoms with Crippen LogP contribution in [0, 0.1) is 5.82 Å². The molecule has 1 aliphatic heterocycles. The van der Waals surface area contributed by atoms with Crippen molar-refractivity contribution in [3.63, 3.8) is 0 Å². The molecule has 1 aliphatic rings. The quantitative estimate of drug-likeness (QED) is 0.380. The van der Waals surface area contributed by atoms with Crippen LogP contribution in [0.2, 0.25) is 5.02 Å². The lowest BCUT2D eigenvalue weighted by molar-refractivity contribution is -0.119. The molecule has 3 aromatic carbocycles. The van der Waals surface area contributed by atoms with Crippen LogP contribution in [-0.4, -0.2) is 35.6 Å². The van der Waals surface area contributed by atoms with Gasteiger partial charge in [0.15, 0.2) is 6.23 Å². The third-order valence-corrected chi connectivity index (χ3v) is 6.38. The minimum Gasteiger partial charge on any atom is -0.492 e. The first kappa shape index (κ1) is 24.6. The maximum Gasteiger partial charge on any atom is 0.275 e. The van der Waals surface area contributed by atoms with Crippen LogP contribution in [0.3, 0.4) is 0 Å². The number of halogens is 2. The topological polar surface area (TPSA) is 85.7 Å². The Hall–Kier alpha value is -4.11. The average molecular weight is 523 g/mol. The van der Waals surface area contributed by atoms with Crippen LogP contribution in [0.25, 0.3) is 22.0 Å². The van der Waals surface area contributed by atoms with E-state index in [1.54, 1.807) is 44.3 Å². The van der Waals surface area contributed by atoms with Gasteiger partial charge < -0.3 is 19.7 Å². The van der Waals surface area contributed by atoms with E-state index in [1.165, 1.54) is 23.1 Å². The maximum atomic E-state index is 14.1. The molecule has 0 bridgehead atoms. The minimum absolute atomic E-state index is 0.164. The molecule has 0 aliphatic carbocycles.